The molecular weight excluding hydrogens is 184 g/mol. The van der Waals surface area contributed by atoms with Crippen LogP contribution in [0.15, 0.2) is 0 Å². The molecule has 0 spiro atoms. The standard InChI is InChI=1S/C9H14N2O3/c1-7(13)8(6-10)9(14)11-4-2-3-5-12/h8,12H,2-5H2,1H3,(H,11,14). The van der Waals surface area contributed by atoms with Crippen LogP contribution in [0.2, 0.25) is 0 Å². The number of unbranched alkanes of at least 4 members (excludes halogenated alkanes) is 1. The highest BCUT2D eigenvalue weighted by molar-refractivity contribution is 6.02. The van der Waals surface area contributed by atoms with Gasteiger partial charge in [0.2, 0.25) is 5.91 Å². The molecule has 5 nitrogen and oxygen atoms in total. The Kier molecular flexibility index (Phi) is 6.33. The van der Waals surface area contributed by atoms with Crippen molar-refractivity contribution in [2.75, 3.05) is 13.2 Å². The van der Waals surface area contributed by atoms with Crippen LogP contribution >= 0.6 is 0 Å². The zero-order chi connectivity index (χ0) is 11.0. The summed E-state index contributed by atoms with van der Waals surface area (Å²) < 4.78 is 0. The predicted molar refractivity (Wildman–Crippen MR) is 49.1 cm³/mol. The Balaban J connectivity index is 3.84. The molecule has 0 aromatic rings. The van der Waals surface area contributed by atoms with Gasteiger partial charge >= 0.3 is 0 Å². The summed E-state index contributed by atoms with van der Waals surface area (Å²) in [5, 5.41) is 19.4. The van der Waals surface area contributed by atoms with E-state index in [1.165, 1.54) is 6.92 Å². The van der Waals surface area contributed by atoms with E-state index in [1.807, 2.05) is 0 Å². The predicted octanol–water partition coefficient (Wildman–Crippen LogP) is -0.396. The van der Waals surface area contributed by atoms with Crippen molar-refractivity contribution in [3.63, 3.8) is 0 Å². The van der Waals surface area contributed by atoms with Gasteiger partial charge in [0.1, 0.15) is 0 Å². The van der Waals surface area contributed by atoms with Crippen LogP contribution in [0.4, 0.5) is 0 Å². The van der Waals surface area contributed by atoms with Crippen LogP contribution in [0.1, 0.15) is 19.8 Å². The highest BCUT2D eigenvalue weighted by Gasteiger charge is 2.21. The Labute approximate surface area is 82.7 Å². The van der Waals surface area contributed by atoms with Crippen molar-refractivity contribution < 1.29 is 14.7 Å². The first-order chi connectivity index (χ1) is 6.63. The Morgan fingerprint density at radius 2 is 2.14 bits per heavy atom. The topological polar surface area (TPSA) is 90.2 Å². The summed E-state index contributed by atoms with van der Waals surface area (Å²) >= 11 is 0. The Morgan fingerprint density at radius 1 is 1.50 bits per heavy atom. The Hall–Kier alpha value is -1.41. The molecule has 0 bridgehead atoms. The smallest absolute Gasteiger partial charge is 0.244 e. The molecule has 0 rings (SSSR count). The van der Waals surface area contributed by atoms with E-state index in [0.29, 0.717) is 19.4 Å². The molecule has 1 atom stereocenters. The van der Waals surface area contributed by atoms with E-state index in [1.54, 1.807) is 6.07 Å². The lowest BCUT2D eigenvalue weighted by Crippen LogP contribution is -2.34. The van der Waals surface area contributed by atoms with Gasteiger partial charge in [0, 0.05) is 13.2 Å². The number of hydrogen-bond donors (Lipinski definition) is 2. The number of aliphatic hydroxyl groups is 1. The highest BCUT2D eigenvalue weighted by atomic mass is 16.3. The van der Waals surface area contributed by atoms with Crippen LogP contribution in [0.5, 0.6) is 0 Å². The molecule has 0 aromatic heterocycles. The number of nitrogens with one attached hydrogen (secondary N) is 1. The molecule has 1 amide bonds. The van der Waals surface area contributed by atoms with Crippen molar-refractivity contribution in [3.8, 4) is 6.07 Å². The molecule has 0 fully saturated rings. The van der Waals surface area contributed by atoms with Crippen molar-refractivity contribution in [2.24, 2.45) is 5.92 Å². The zero-order valence-corrected chi connectivity index (χ0v) is 8.12. The number of amides is 1. The van der Waals surface area contributed by atoms with E-state index in [2.05, 4.69) is 5.32 Å². The molecule has 0 aromatic carbocycles. The van der Waals surface area contributed by atoms with Crippen LogP contribution in [0, 0.1) is 17.2 Å². The number of nitrogens with zero attached hydrogens (tertiary/aromatic N) is 1. The largest absolute Gasteiger partial charge is 0.396 e. The van der Waals surface area contributed by atoms with E-state index >= 15 is 0 Å². The van der Waals surface area contributed by atoms with Gasteiger partial charge in [0.25, 0.3) is 0 Å². The van der Waals surface area contributed by atoms with Gasteiger partial charge in [-0.15, -0.1) is 0 Å². The number of aliphatic hydroxyl groups excluding tert-OH is 1. The summed E-state index contributed by atoms with van der Waals surface area (Å²) in [4.78, 5) is 21.9. The number of hydrogen-bond acceptors (Lipinski definition) is 4. The van der Waals surface area contributed by atoms with Crippen molar-refractivity contribution in [3.05, 3.63) is 0 Å². The first-order valence-electron chi connectivity index (χ1n) is 4.42. The van der Waals surface area contributed by atoms with Crippen molar-refractivity contribution in [1.29, 1.82) is 5.26 Å². The third kappa shape index (κ3) is 4.58. The van der Waals surface area contributed by atoms with Crippen molar-refractivity contribution in [2.45, 2.75) is 19.8 Å². The van der Waals surface area contributed by atoms with Crippen molar-refractivity contribution >= 4 is 11.7 Å². The fraction of sp³-hybridized carbons (Fsp3) is 0.667. The fourth-order valence-electron chi connectivity index (χ4n) is 0.885. The number of ketones is 1. The van der Waals surface area contributed by atoms with Gasteiger partial charge < -0.3 is 10.4 Å². The number of carbonyl (C=O) groups excluding carboxylic acids is 2. The second-order valence-electron chi connectivity index (χ2n) is 2.89. The van der Waals surface area contributed by atoms with Gasteiger partial charge in [-0.25, -0.2) is 0 Å². The molecule has 0 saturated carbocycles. The Bertz CT molecular complexity index is 245. The molecule has 0 saturated heterocycles. The molecule has 0 heterocycles. The quantitative estimate of drug-likeness (QED) is 0.449. The van der Waals surface area contributed by atoms with Crippen molar-refractivity contribution in [1.82, 2.24) is 5.32 Å². The second kappa shape index (κ2) is 7.04. The van der Waals surface area contributed by atoms with Gasteiger partial charge in [-0.3, -0.25) is 9.59 Å². The highest BCUT2D eigenvalue weighted by Crippen LogP contribution is 1.96. The minimum Gasteiger partial charge on any atom is -0.396 e. The first-order valence-corrected chi connectivity index (χ1v) is 4.42. The van der Waals surface area contributed by atoms with Gasteiger partial charge in [-0.2, -0.15) is 5.26 Å². The van der Waals surface area contributed by atoms with Crippen LogP contribution in [-0.4, -0.2) is 29.9 Å². The molecule has 0 aliphatic heterocycles. The summed E-state index contributed by atoms with van der Waals surface area (Å²) in [6.45, 7) is 1.66. The van der Waals surface area contributed by atoms with E-state index in [9.17, 15) is 9.59 Å². The molecule has 0 aliphatic carbocycles. The second-order valence-corrected chi connectivity index (χ2v) is 2.89. The molecule has 0 radical (unpaired) electrons. The van der Waals surface area contributed by atoms with E-state index in [-0.39, 0.29) is 6.61 Å². The third-order valence-corrected chi connectivity index (χ3v) is 1.68. The molecule has 14 heavy (non-hydrogen) atoms. The average molecular weight is 198 g/mol. The molecule has 2 N–H and O–H groups in total. The molecule has 5 heteroatoms. The zero-order valence-electron chi connectivity index (χ0n) is 8.12. The maximum Gasteiger partial charge on any atom is 0.244 e. The summed E-state index contributed by atoms with van der Waals surface area (Å²) in [5.74, 6) is -2.21. The third-order valence-electron chi connectivity index (χ3n) is 1.68. The average Bonchev–Trinajstić information content (AvgIpc) is 2.13. The maximum absolute atomic E-state index is 11.2. The minimum atomic E-state index is -1.20. The van der Waals surface area contributed by atoms with E-state index in [0.717, 1.165) is 0 Å². The number of carbonyl (C=O) groups is 2. The van der Waals surface area contributed by atoms with Crippen LogP contribution < -0.4 is 5.32 Å². The monoisotopic (exact) mass is 198 g/mol. The first kappa shape index (κ1) is 12.6. The fourth-order valence-corrected chi connectivity index (χ4v) is 0.885. The maximum atomic E-state index is 11.2. The van der Waals surface area contributed by atoms with Crippen LogP contribution in [-0.2, 0) is 9.59 Å². The number of nitriles is 1. The lowest BCUT2D eigenvalue weighted by Gasteiger charge is -2.06. The normalized spacial score (nSPS) is 11.5. The summed E-state index contributed by atoms with van der Waals surface area (Å²) in [6, 6.07) is 1.63. The SMILES string of the molecule is CC(=O)C(C#N)C(=O)NCCCCO. The summed E-state index contributed by atoms with van der Waals surface area (Å²) in [7, 11) is 0. The van der Waals surface area contributed by atoms with Crippen LogP contribution in [0.3, 0.4) is 0 Å². The van der Waals surface area contributed by atoms with E-state index in [4.69, 9.17) is 10.4 Å². The number of Topliss-reactive ketones (excluding diaryl/α,β-unsaturated/α-hetero) is 1. The molecule has 0 aliphatic rings. The number of rotatable bonds is 6. The summed E-state index contributed by atoms with van der Waals surface area (Å²) in [6.07, 6.45) is 1.23. The lowest BCUT2D eigenvalue weighted by molar-refractivity contribution is -0.130. The molecule has 78 valence electrons. The minimum absolute atomic E-state index is 0.0737. The molecular formula is C9H14N2O3. The van der Waals surface area contributed by atoms with Gasteiger partial charge in [-0.05, 0) is 19.8 Å². The van der Waals surface area contributed by atoms with Gasteiger partial charge in [0.15, 0.2) is 11.7 Å². The van der Waals surface area contributed by atoms with E-state index < -0.39 is 17.6 Å². The Morgan fingerprint density at radius 3 is 2.57 bits per heavy atom. The van der Waals surface area contributed by atoms with Gasteiger partial charge in [-0.1, -0.05) is 0 Å². The van der Waals surface area contributed by atoms with Crippen LogP contribution in [0.25, 0.3) is 0 Å². The van der Waals surface area contributed by atoms with Gasteiger partial charge in [0.05, 0.1) is 6.07 Å². The lowest BCUT2D eigenvalue weighted by atomic mass is 10.1. The molecule has 1 unspecified atom stereocenters. The summed E-state index contributed by atoms with van der Waals surface area (Å²) in [5.41, 5.74) is 0.